The van der Waals surface area contributed by atoms with Crippen LogP contribution in [0.3, 0.4) is 0 Å². The number of alkyl halides is 3. The van der Waals surface area contributed by atoms with E-state index in [1.54, 1.807) is 12.1 Å². The van der Waals surface area contributed by atoms with E-state index in [4.69, 9.17) is 25.6 Å². The van der Waals surface area contributed by atoms with Crippen LogP contribution in [0.15, 0.2) is 50.3 Å². The van der Waals surface area contributed by atoms with Gasteiger partial charge in [0.2, 0.25) is 5.91 Å². The maximum Gasteiger partial charge on any atom is 0.421 e. The molecule has 1 amide bonds. The summed E-state index contributed by atoms with van der Waals surface area (Å²) >= 11 is 10.8. The Morgan fingerprint density at radius 3 is 2.67 bits per heavy atom. The van der Waals surface area contributed by atoms with Crippen LogP contribution in [0, 0.1) is 0 Å². The first-order valence-electron chi connectivity index (χ1n) is 12.8. The first-order valence-corrected chi connectivity index (χ1v) is 16.7. The molecule has 1 saturated heterocycles. The van der Waals surface area contributed by atoms with Crippen LogP contribution in [0.25, 0.3) is 0 Å². The van der Waals surface area contributed by atoms with Crippen molar-refractivity contribution in [2.75, 3.05) is 19.3 Å². The van der Waals surface area contributed by atoms with E-state index in [-0.39, 0.29) is 27.6 Å². The lowest BCUT2D eigenvalue weighted by Crippen LogP contribution is -2.41. The Morgan fingerprint density at radius 1 is 1.28 bits per heavy atom. The van der Waals surface area contributed by atoms with Gasteiger partial charge in [0.1, 0.15) is 17.8 Å². The van der Waals surface area contributed by atoms with Gasteiger partial charge in [0.05, 0.1) is 27.5 Å². The molecule has 10 nitrogen and oxygen atoms in total. The van der Waals surface area contributed by atoms with Gasteiger partial charge < -0.3 is 18.5 Å². The van der Waals surface area contributed by atoms with E-state index >= 15 is 0 Å². The zero-order valence-electron chi connectivity index (χ0n) is 22.3. The number of piperidine rings is 1. The third-order valence-electron chi connectivity index (χ3n) is 6.92. The van der Waals surface area contributed by atoms with E-state index in [9.17, 15) is 31.2 Å². The van der Waals surface area contributed by atoms with E-state index in [1.165, 1.54) is 28.5 Å². The van der Waals surface area contributed by atoms with E-state index < -0.39 is 46.0 Å². The van der Waals surface area contributed by atoms with Crippen LogP contribution in [0.4, 0.5) is 13.2 Å². The van der Waals surface area contributed by atoms with E-state index in [1.807, 2.05) is 5.38 Å². The van der Waals surface area contributed by atoms with Gasteiger partial charge in [-0.25, -0.2) is 4.98 Å². The van der Waals surface area contributed by atoms with Crippen molar-refractivity contribution < 1.29 is 35.4 Å². The molecule has 230 valence electrons. The molecule has 0 bridgehead atoms. The van der Waals surface area contributed by atoms with Crippen molar-refractivity contribution in [1.29, 1.82) is 0 Å². The lowest BCUT2D eigenvalue weighted by Gasteiger charge is -2.31. The zero-order chi connectivity index (χ0) is 31.1. The molecule has 2 aliphatic heterocycles. The molecule has 0 saturated carbocycles. The molecule has 17 heteroatoms. The van der Waals surface area contributed by atoms with Gasteiger partial charge in [0, 0.05) is 41.5 Å². The number of rotatable bonds is 7. The second-order valence-electron chi connectivity index (χ2n) is 10.0. The Kier molecular flexibility index (Phi) is 8.94. The number of aromatic nitrogens is 2. The summed E-state index contributed by atoms with van der Waals surface area (Å²) in [6, 6.07) is 5.35. The van der Waals surface area contributed by atoms with Crippen molar-refractivity contribution in [1.82, 2.24) is 14.5 Å². The molecule has 0 spiro atoms. The molecule has 1 fully saturated rings. The summed E-state index contributed by atoms with van der Waals surface area (Å²) in [7, 11) is -3.80. The van der Waals surface area contributed by atoms with Gasteiger partial charge in [-0.15, -0.1) is 11.3 Å². The van der Waals surface area contributed by atoms with Gasteiger partial charge in [-0.05, 0) is 47.0 Å². The van der Waals surface area contributed by atoms with Crippen molar-refractivity contribution in [3.8, 4) is 5.75 Å². The van der Waals surface area contributed by atoms with Crippen LogP contribution in [-0.2, 0) is 32.5 Å². The normalized spacial score (nSPS) is 18.0. The molecule has 0 N–H and O–H groups in total. The molecule has 3 aromatic rings. The number of carbonyl (C=O) groups is 1. The number of carbonyl (C=O) groups excluding carboxylic acids is 1. The van der Waals surface area contributed by atoms with Crippen molar-refractivity contribution >= 4 is 60.6 Å². The van der Waals surface area contributed by atoms with E-state index in [0.29, 0.717) is 49.0 Å². The van der Waals surface area contributed by atoms with Gasteiger partial charge in [-0.1, -0.05) is 22.8 Å². The number of halogens is 5. The molecule has 2 aromatic heterocycles. The molecule has 1 unspecified atom stereocenters. The third-order valence-corrected chi connectivity index (χ3v) is 9.18. The molecule has 0 aliphatic carbocycles. The minimum Gasteiger partial charge on any atom is -0.387 e. The summed E-state index contributed by atoms with van der Waals surface area (Å²) in [6.07, 6.45) is -1.96. The second kappa shape index (κ2) is 12.2. The molecular weight excluding hydrogens is 701 g/mol. The predicted molar refractivity (Wildman–Crippen MR) is 156 cm³/mol. The number of hydrogen-bond donors (Lipinski definition) is 0. The molecule has 0 radical (unpaired) electrons. The maximum atomic E-state index is 13.2. The average molecular weight is 724 g/mol. The summed E-state index contributed by atoms with van der Waals surface area (Å²) < 4.78 is 69.0. The summed E-state index contributed by atoms with van der Waals surface area (Å²) in [5, 5.41) is 7.11. The first kappa shape index (κ1) is 31.5. The Morgan fingerprint density at radius 2 is 2.00 bits per heavy atom. The van der Waals surface area contributed by atoms with Crippen LogP contribution in [0.5, 0.6) is 5.75 Å². The highest BCUT2D eigenvalue weighted by molar-refractivity contribution is 9.10. The van der Waals surface area contributed by atoms with Crippen LogP contribution >= 0.6 is 38.9 Å². The van der Waals surface area contributed by atoms with Gasteiger partial charge in [-0.3, -0.25) is 9.59 Å². The van der Waals surface area contributed by atoms with Gasteiger partial charge >= 0.3 is 16.3 Å². The summed E-state index contributed by atoms with van der Waals surface area (Å²) in [5.41, 5.74) is -1.09. The number of thiazole rings is 1. The number of benzene rings is 1. The Hall–Kier alpha value is -2.95. The lowest BCUT2D eigenvalue weighted by atomic mass is 9.97. The quantitative estimate of drug-likeness (QED) is 0.302. The summed E-state index contributed by atoms with van der Waals surface area (Å²) in [5.74, 6) is -0.346. The Labute approximate surface area is 261 Å². The number of hydrogen-bond acceptors (Lipinski definition) is 9. The fraction of sp³-hybridized carbons (Fsp3) is 0.385. The number of oxime groups is 1. The number of amides is 1. The minimum absolute atomic E-state index is 0.0450. The fourth-order valence-corrected chi connectivity index (χ4v) is 7.13. The molecule has 1 atom stereocenters. The SMILES string of the molecule is CS(=O)(=O)Oc1cccc(Cl)c1C1CC(c2csc(C3CCN(C(=O)Cn4cc(Br)cc(C(F)(F)F)c4=O)CC3)n2)=NO1. The lowest BCUT2D eigenvalue weighted by molar-refractivity contribution is -0.140. The van der Waals surface area contributed by atoms with Crippen molar-refractivity contribution in [2.45, 2.75) is 44.0 Å². The highest BCUT2D eigenvalue weighted by Crippen LogP contribution is 2.40. The Balaban J connectivity index is 1.20. The molecular formula is C26H23BrClF3N4O6S2. The van der Waals surface area contributed by atoms with Crippen LogP contribution in [-0.4, -0.2) is 53.8 Å². The van der Waals surface area contributed by atoms with Gasteiger partial charge in [0.15, 0.2) is 11.9 Å². The third kappa shape index (κ3) is 7.24. The molecule has 43 heavy (non-hydrogen) atoms. The minimum atomic E-state index is -4.84. The molecule has 4 heterocycles. The van der Waals surface area contributed by atoms with E-state index in [0.717, 1.165) is 15.8 Å². The van der Waals surface area contributed by atoms with Crippen molar-refractivity contribution in [3.63, 3.8) is 0 Å². The smallest absolute Gasteiger partial charge is 0.387 e. The monoisotopic (exact) mass is 722 g/mol. The van der Waals surface area contributed by atoms with Crippen LogP contribution < -0.4 is 9.74 Å². The molecule has 1 aromatic carbocycles. The number of likely N-dealkylation sites (tertiary alicyclic amines) is 1. The zero-order valence-corrected chi connectivity index (χ0v) is 26.3. The van der Waals surface area contributed by atoms with E-state index in [2.05, 4.69) is 21.1 Å². The topological polar surface area (TPSA) is 120 Å². The largest absolute Gasteiger partial charge is 0.421 e. The van der Waals surface area contributed by atoms with Gasteiger partial charge in [-0.2, -0.15) is 21.6 Å². The number of pyridine rings is 1. The molecule has 5 rings (SSSR count). The average Bonchev–Trinajstić information content (AvgIpc) is 3.59. The molecule has 2 aliphatic rings. The Bertz CT molecular complexity index is 1750. The van der Waals surface area contributed by atoms with Crippen LogP contribution in [0.1, 0.15) is 53.1 Å². The maximum absolute atomic E-state index is 13.2. The highest BCUT2D eigenvalue weighted by Gasteiger charge is 2.36. The van der Waals surface area contributed by atoms with Crippen LogP contribution in [0.2, 0.25) is 5.02 Å². The van der Waals surface area contributed by atoms with Crippen molar-refractivity contribution in [2.24, 2.45) is 5.16 Å². The fourth-order valence-electron chi connectivity index (χ4n) is 4.90. The number of nitrogens with zero attached hydrogens (tertiary/aromatic N) is 4. The highest BCUT2D eigenvalue weighted by atomic mass is 79.9. The standard InChI is InChI=1S/C26H23BrClF3N4O6S2/c1-43(38,39)41-20-4-2-3-17(28)23(20)21-10-18(33-40-21)19-13-42-24(32-19)14-5-7-34(8-6-14)22(36)12-35-11-15(27)9-16(25(35)37)26(29,30)31/h2-4,9,11,13-14,21H,5-8,10,12H2,1H3. The summed E-state index contributed by atoms with van der Waals surface area (Å²) in [6.45, 7) is 0.209. The van der Waals surface area contributed by atoms with Gasteiger partial charge in [0.25, 0.3) is 5.56 Å². The second-order valence-corrected chi connectivity index (χ2v) is 13.8. The first-order chi connectivity index (χ1) is 20.2. The predicted octanol–water partition coefficient (Wildman–Crippen LogP) is 5.35. The summed E-state index contributed by atoms with van der Waals surface area (Å²) in [4.78, 5) is 37.0. The van der Waals surface area contributed by atoms with Crippen molar-refractivity contribution in [3.05, 3.63) is 77.5 Å².